The predicted octanol–water partition coefficient (Wildman–Crippen LogP) is 3.37. The lowest BCUT2D eigenvalue weighted by Gasteiger charge is -2.08. The molecule has 0 aliphatic heterocycles. The maximum absolute atomic E-state index is 12.3. The number of halogens is 3. The van der Waals surface area contributed by atoms with E-state index in [1.165, 1.54) is 6.07 Å². The molecule has 0 fully saturated rings. The third-order valence-electron chi connectivity index (χ3n) is 2.14. The second-order valence-corrected chi connectivity index (χ2v) is 6.38. The Hall–Kier alpha value is -1.54. The number of sulfonamides is 1. The number of benzene rings is 1. The van der Waals surface area contributed by atoms with E-state index in [0.717, 1.165) is 23.5 Å². The van der Waals surface area contributed by atoms with E-state index in [4.69, 9.17) is 0 Å². The number of thiophene rings is 1. The molecule has 0 aliphatic carbocycles. The van der Waals surface area contributed by atoms with Crippen molar-refractivity contribution < 1.29 is 21.6 Å². The maximum atomic E-state index is 12.3. The summed E-state index contributed by atoms with van der Waals surface area (Å²) in [6.07, 6.45) is -4.47. The van der Waals surface area contributed by atoms with Crippen LogP contribution in [0.5, 0.6) is 0 Å². The molecule has 0 spiro atoms. The van der Waals surface area contributed by atoms with Gasteiger partial charge in [0.05, 0.1) is 11.3 Å². The van der Waals surface area contributed by atoms with Crippen molar-refractivity contribution in [3.05, 3.63) is 47.3 Å². The Morgan fingerprint density at radius 1 is 1.21 bits per heavy atom. The Morgan fingerprint density at radius 3 is 2.42 bits per heavy atom. The van der Waals surface area contributed by atoms with Gasteiger partial charge >= 0.3 is 6.18 Å². The SMILES string of the molecule is O=S(=O)(Nc1[c]cc(C(F)(F)F)cc1)c1cccs1. The van der Waals surface area contributed by atoms with Gasteiger partial charge in [-0.05, 0) is 29.6 Å². The monoisotopic (exact) mass is 306 g/mol. The Morgan fingerprint density at radius 2 is 1.95 bits per heavy atom. The highest BCUT2D eigenvalue weighted by atomic mass is 32.2. The van der Waals surface area contributed by atoms with Gasteiger partial charge in [0.15, 0.2) is 0 Å². The molecule has 0 saturated carbocycles. The van der Waals surface area contributed by atoms with Crippen LogP contribution in [-0.2, 0) is 16.2 Å². The lowest BCUT2D eigenvalue weighted by Crippen LogP contribution is -2.12. The zero-order valence-corrected chi connectivity index (χ0v) is 10.9. The first kappa shape index (κ1) is 13.9. The molecule has 0 aliphatic rings. The van der Waals surface area contributed by atoms with Crippen LogP contribution in [0.3, 0.4) is 0 Å². The lowest BCUT2D eigenvalue weighted by molar-refractivity contribution is -0.137. The molecule has 0 saturated heterocycles. The van der Waals surface area contributed by atoms with Crippen molar-refractivity contribution in [3.63, 3.8) is 0 Å². The highest BCUT2D eigenvalue weighted by Gasteiger charge is 2.30. The fraction of sp³-hybridized carbons (Fsp3) is 0.0909. The van der Waals surface area contributed by atoms with Crippen LogP contribution >= 0.6 is 11.3 Å². The van der Waals surface area contributed by atoms with E-state index in [1.54, 1.807) is 11.4 Å². The highest BCUT2D eigenvalue weighted by Crippen LogP contribution is 2.30. The second kappa shape index (κ2) is 4.86. The van der Waals surface area contributed by atoms with E-state index in [-0.39, 0.29) is 9.90 Å². The van der Waals surface area contributed by atoms with Crippen LogP contribution < -0.4 is 4.72 Å². The molecule has 8 heteroatoms. The molecule has 1 aromatic carbocycles. The van der Waals surface area contributed by atoms with Gasteiger partial charge in [-0.2, -0.15) is 13.2 Å². The van der Waals surface area contributed by atoms with Gasteiger partial charge in [0.25, 0.3) is 10.0 Å². The van der Waals surface area contributed by atoms with Crippen molar-refractivity contribution in [1.82, 2.24) is 0 Å². The summed E-state index contributed by atoms with van der Waals surface area (Å²) in [4.78, 5) is 0. The van der Waals surface area contributed by atoms with Gasteiger partial charge in [0.1, 0.15) is 4.21 Å². The molecule has 2 rings (SSSR count). The molecule has 1 radical (unpaired) electrons. The highest BCUT2D eigenvalue weighted by molar-refractivity contribution is 7.94. The van der Waals surface area contributed by atoms with Gasteiger partial charge in [-0.3, -0.25) is 4.72 Å². The van der Waals surface area contributed by atoms with E-state index in [9.17, 15) is 21.6 Å². The minimum Gasteiger partial charge on any atom is -0.278 e. The van der Waals surface area contributed by atoms with Crippen LogP contribution in [0.4, 0.5) is 18.9 Å². The molecule has 19 heavy (non-hydrogen) atoms. The van der Waals surface area contributed by atoms with Crippen molar-refractivity contribution in [2.75, 3.05) is 4.72 Å². The predicted molar refractivity (Wildman–Crippen MR) is 65.4 cm³/mol. The van der Waals surface area contributed by atoms with E-state index in [1.807, 2.05) is 0 Å². The number of anilines is 1. The number of hydrogen-bond acceptors (Lipinski definition) is 3. The molecule has 3 nitrogen and oxygen atoms in total. The Bertz CT molecular complexity index is 646. The fourth-order valence-electron chi connectivity index (χ4n) is 1.28. The van der Waals surface area contributed by atoms with Crippen LogP contribution in [0, 0.1) is 6.07 Å². The summed E-state index contributed by atoms with van der Waals surface area (Å²) in [6, 6.07) is 7.74. The quantitative estimate of drug-likeness (QED) is 0.945. The maximum Gasteiger partial charge on any atom is 0.416 e. The van der Waals surface area contributed by atoms with Gasteiger partial charge < -0.3 is 0 Å². The van der Waals surface area contributed by atoms with E-state index < -0.39 is 21.8 Å². The number of rotatable bonds is 3. The van der Waals surface area contributed by atoms with Gasteiger partial charge in [0.2, 0.25) is 0 Å². The molecule has 1 N–H and O–H groups in total. The third kappa shape index (κ3) is 3.27. The Kier molecular flexibility index (Phi) is 3.55. The standard InChI is InChI=1S/C11H7F3NO2S2/c12-11(13,14)8-3-5-9(6-4-8)15-19(16,17)10-2-1-7-18-10/h1-5,7,15H. The van der Waals surface area contributed by atoms with Crippen LogP contribution in [0.1, 0.15) is 5.56 Å². The summed E-state index contributed by atoms with van der Waals surface area (Å²) in [5.41, 5.74) is -0.923. The summed E-state index contributed by atoms with van der Waals surface area (Å²) >= 11 is 1.01. The molecule has 0 unspecified atom stereocenters. The summed E-state index contributed by atoms with van der Waals surface area (Å²) in [5.74, 6) is 0. The first-order valence-electron chi connectivity index (χ1n) is 4.94. The molecule has 1 heterocycles. The fourth-order valence-corrected chi connectivity index (χ4v) is 3.30. The molecular formula is C11H7F3NO2S2. The lowest BCUT2D eigenvalue weighted by atomic mass is 10.2. The summed E-state index contributed by atoms with van der Waals surface area (Å²) in [5, 5.41) is 1.59. The van der Waals surface area contributed by atoms with E-state index >= 15 is 0 Å². The van der Waals surface area contributed by atoms with Crippen molar-refractivity contribution in [3.8, 4) is 0 Å². The van der Waals surface area contributed by atoms with Crippen molar-refractivity contribution in [2.24, 2.45) is 0 Å². The molecule has 0 atom stereocenters. The molecule has 101 valence electrons. The van der Waals surface area contributed by atoms with E-state index in [2.05, 4.69) is 10.8 Å². The Labute approximate surface area is 111 Å². The normalized spacial score (nSPS) is 12.4. The molecule has 2 aromatic rings. The van der Waals surface area contributed by atoms with Gasteiger partial charge in [-0.1, -0.05) is 6.07 Å². The Balaban J connectivity index is 2.21. The zero-order valence-electron chi connectivity index (χ0n) is 9.23. The smallest absolute Gasteiger partial charge is 0.278 e. The molecule has 0 amide bonds. The summed E-state index contributed by atoms with van der Waals surface area (Å²) < 4.78 is 62.8. The van der Waals surface area contributed by atoms with Gasteiger partial charge in [0, 0.05) is 6.07 Å². The largest absolute Gasteiger partial charge is 0.416 e. The molecule has 0 bridgehead atoms. The van der Waals surface area contributed by atoms with Gasteiger partial charge in [-0.15, -0.1) is 11.3 Å². The van der Waals surface area contributed by atoms with Gasteiger partial charge in [-0.25, -0.2) is 8.42 Å². The van der Waals surface area contributed by atoms with Crippen molar-refractivity contribution in [2.45, 2.75) is 10.4 Å². The third-order valence-corrected chi connectivity index (χ3v) is 4.91. The first-order chi connectivity index (χ1) is 8.79. The molecule has 1 aromatic heterocycles. The minimum atomic E-state index is -4.47. The number of hydrogen-bond donors (Lipinski definition) is 1. The first-order valence-corrected chi connectivity index (χ1v) is 7.30. The minimum absolute atomic E-state index is 0.0404. The zero-order chi connectivity index (χ0) is 14.1. The van der Waals surface area contributed by atoms with Crippen molar-refractivity contribution in [1.29, 1.82) is 0 Å². The summed E-state index contributed by atoms with van der Waals surface area (Å²) in [7, 11) is -3.76. The summed E-state index contributed by atoms with van der Waals surface area (Å²) in [6.45, 7) is 0. The van der Waals surface area contributed by atoms with Crippen LogP contribution in [0.25, 0.3) is 0 Å². The topological polar surface area (TPSA) is 46.2 Å². The van der Waals surface area contributed by atoms with E-state index in [0.29, 0.717) is 6.07 Å². The average molecular weight is 306 g/mol. The van der Waals surface area contributed by atoms with Crippen LogP contribution in [0.15, 0.2) is 39.9 Å². The van der Waals surface area contributed by atoms with Crippen LogP contribution in [-0.4, -0.2) is 8.42 Å². The van der Waals surface area contributed by atoms with Crippen molar-refractivity contribution >= 4 is 27.0 Å². The van der Waals surface area contributed by atoms with Crippen LogP contribution in [0.2, 0.25) is 0 Å². The molecular weight excluding hydrogens is 299 g/mol. The average Bonchev–Trinajstić information content (AvgIpc) is 2.82. The number of nitrogens with one attached hydrogen (secondary N) is 1. The number of alkyl halides is 3. The second-order valence-electron chi connectivity index (χ2n) is 3.53.